The molecule has 0 radical (unpaired) electrons. The fraction of sp³-hybridized carbons (Fsp3) is 0.391. The molecule has 1 N–H and O–H groups in total. The summed E-state index contributed by atoms with van der Waals surface area (Å²) < 4.78 is 54.7. The first-order valence-corrected chi connectivity index (χ1v) is 11.5. The number of carbonyl (C=O) groups is 1. The zero-order chi connectivity index (χ0) is 25.2. The van der Waals surface area contributed by atoms with Gasteiger partial charge in [-0.2, -0.15) is 19.7 Å². The Hall–Kier alpha value is -3.87. The summed E-state index contributed by atoms with van der Waals surface area (Å²) in [5.41, 5.74) is -0.637. The predicted octanol–water partition coefficient (Wildman–Crippen LogP) is 4.28. The molecule has 1 aliphatic heterocycles. The van der Waals surface area contributed by atoms with Crippen LogP contribution in [0.4, 0.5) is 18.9 Å². The molecule has 1 amide bonds. The van der Waals surface area contributed by atoms with Gasteiger partial charge >= 0.3 is 0 Å². The van der Waals surface area contributed by atoms with Gasteiger partial charge in [0.2, 0.25) is 11.8 Å². The van der Waals surface area contributed by atoms with Crippen molar-refractivity contribution in [2.24, 2.45) is 10.2 Å². The molecule has 0 unspecified atom stereocenters. The molecule has 3 aromatic heterocycles. The van der Waals surface area contributed by atoms with Crippen LogP contribution in [0, 0.1) is 17.6 Å². The SMILES string of the molecule is CCOC1CCC(n2cc(NC(=O)c3coc(C4C=NN=C4)n3)c(-c3nc(F)c(F)cc3F)n2)CC1. The van der Waals surface area contributed by atoms with E-state index in [4.69, 9.17) is 9.15 Å². The van der Waals surface area contributed by atoms with Crippen LogP contribution in [0.3, 0.4) is 0 Å². The predicted molar refractivity (Wildman–Crippen MR) is 122 cm³/mol. The average Bonchev–Trinajstić information content (AvgIpc) is 3.63. The molecular weight excluding hydrogens is 479 g/mol. The molecule has 0 atom stereocenters. The largest absolute Gasteiger partial charge is 0.447 e. The van der Waals surface area contributed by atoms with Crippen molar-refractivity contribution in [1.29, 1.82) is 0 Å². The monoisotopic (exact) mass is 501 g/mol. The zero-order valence-electron chi connectivity index (χ0n) is 19.2. The number of aromatic nitrogens is 4. The molecule has 0 saturated heterocycles. The minimum Gasteiger partial charge on any atom is -0.447 e. The van der Waals surface area contributed by atoms with Gasteiger partial charge in [-0.3, -0.25) is 9.48 Å². The summed E-state index contributed by atoms with van der Waals surface area (Å²) in [4.78, 5) is 20.5. The van der Waals surface area contributed by atoms with Gasteiger partial charge in [-0.15, -0.1) is 0 Å². The number of hydrogen-bond donors (Lipinski definition) is 1. The highest BCUT2D eigenvalue weighted by Gasteiger charge is 2.28. The summed E-state index contributed by atoms with van der Waals surface area (Å²) in [6.45, 7) is 2.57. The first-order chi connectivity index (χ1) is 17.4. The highest BCUT2D eigenvalue weighted by molar-refractivity contribution is 6.04. The Morgan fingerprint density at radius 2 is 1.86 bits per heavy atom. The molecule has 188 valence electrons. The van der Waals surface area contributed by atoms with Gasteiger partial charge in [0.15, 0.2) is 17.3 Å². The van der Waals surface area contributed by atoms with Crippen LogP contribution in [0.15, 0.2) is 33.1 Å². The fourth-order valence-corrected chi connectivity index (χ4v) is 4.29. The first-order valence-electron chi connectivity index (χ1n) is 11.5. The van der Waals surface area contributed by atoms with Crippen LogP contribution in [-0.4, -0.2) is 50.8 Å². The molecule has 0 aromatic carbocycles. The van der Waals surface area contributed by atoms with E-state index < -0.39 is 35.1 Å². The van der Waals surface area contributed by atoms with Crippen LogP contribution in [-0.2, 0) is 4.74 Å². The van der Waals surface area contributed by atoms with Crippen molar-refractivity contribution < 1.29 is 27.1 Å². The maximum absolute atomic E-state index is 14.6. The Kier molecular flexibility index (Phi) is 6.63. The number of oxazole rings is 1. The third-order valence-electron chi connectivity index (χ3n) is 6.07. The van der Waals surface area contributed by atoms with E-state index in [0.717, 1.165) is 25.7 Å². The second kappa shape index (κ2) is 10.0. The number of carbonyl (C=O) groups excluding carboxylic acids is 1. The molecule has 0 bridgehead atoms. The van der Waals surface area contributed by atoms with E-state index in [9.17, 15) is 18.0 Å². The van der Waals surface area contributed by atoms with Gasteiger partial charge in [0.25, 0.3) is 5.91 Å². The zero-order valence-corrected chi connectivity index (χ0v) is 19.2. The van der Waals surface area contributed by atoms with Crippen molar-refractivity contribution >= 4 is 24.0 Å². The molecule has 0 spiro atoms. The van der Waals surface area contributed by atoms with Gasteiger partial charge in [-0.25, -0.2) is 18.7 Å². The van der Waals surface area contributed by atoms with E-state index >= 15 is 0 Å². The smallest absolute Gasteiger partial charge is 0.277 e. The molecule has 1 fully saturated rings. The number of amides is 1. The number of pyridine rings is 1. The number of anilines is 1. The summed E-state index contributed by atoms with van der Waals surface area (Å²) in [7, 11) is 0. The average molecular weight is 501 g/mol. The maximum atomic E-state index is 14.6. The van der Waals surface area contributed by atoms with Crippen LogP contribution < -0.4 is 5.32 Å². The molecule has 10 nitrogen and oxygen atoms in total. The summed E-state index contributed by atoms with van der Waals surface area (Å²) >= 11 is 0. The van der Waals surface area contributed by atoms with Crippen molar-refractivity contribution in [2.75, 3.05) is 11.9 Å². The molecule has 13 heteroatoms. The molecule has 1 saturated carbocycles. The molecule has 36 heavy (non-hydrogen) atoms. The van der Waals surface area contributed by atoms with E-state index in [-0.39, 0.29) is 35.1 Å². The van der Waals surface area contributed by atoms with Crippen LogP contribution >= 0.6 is 0 Å². The Bertz CT molecular complexity index is 1320. The Morgan fingerprint density at radius 3 is 2.58 bits per heavy atom. The lowest BCUT2D eigenvalue weighted by atomic mass is 9.93. The van der Waals surface area contributed by atoms with Crippen molar-refractivity contribution in [1.82, 2.24) is 19.7 Å². The lowest BCUT2D eigenvalue weighted by molar-refractivity contribution is 0.0260. The molecule has 1 aliphatic carbocycles. The van der Waals surface area contributed by atoms with E-state index in [2.05, 4.69) is 30.6 Å². The van der Waals surface area contributed by atoms with Crippen LogP contribution in [0.25, 0.3) is 11.4 Å². The first kappa shape index (κ1) is 23.9. The molecular formula is C23H22F3N7O3. The summed E-state index contributed by atoms with van der Waals surface area (Å²) in [5, 5.41) is 14.5. The van der Waals surface area contributed by atoms with Crippen molar-refractivity contribution in [2.45, 2.75) is 50.7 Å². The van der Waals surface area contributed by atoms with Gasteiger partial charge in [-0.05, 0) is 32.6 Å². The third kappa shape index (κ3) is 4.78. The second-order valence-corrected chi connectivity index (χ2v) is 8.43. The topological polar surface area (TPSA) is 120 Å². The van der Waals surface area contributed by atoms with Crippen LogP contribution in [0.2, 0.25) is 0 Å². The molecule has 3 aromatic rings. The second-order valence-electron chi connectivity index (χ2n) is 8.43. The summed E-state index contributed by atoms with van der Waals surface area (Å²) in [5.74, 6) is -4.85. The number of rotatable bonds is 7. The number of halogens is 3. The van der Waals surface area contributed by atoms with Crippen molar-refractivity contribution in [3.05, 3.63) is 47.7 Å². The van der Waals surface area contributed by atoms with E-state index in [1.165, 1.54) is 24.9 Å². The summed E-state index contributed by atoms with van der Waals surface area (Å²) in [6, 6.07) is 0.337. The van der Waals surface area contributed by atoms with E-state index in [1.54, 1.807) is 4.68 Å². The molecule has 4 heterocycles. The molecule has 5 rings (SSSR count). The van der Waals surface area contributed by atoms with Gasteiger partial charge in [-0.1, -0.05) is 0 Å². The lowest BCUT2D eigenvalue weighted by Gasteiger charge is -2.28. The third-order valence-corrected chi connectivity index (χ3v) is 6.07. The van der Waals surface area contributed by atoms with Gasteiger partial charge in [0, 0.05) is 31.3 Å². The van der Waals surface area contributed by atoms with Gasteiger partial charge in [0.1, 0.15) is 23.6 Å². The highest BCUT2D eigenvalue weighted by atomic mass is 19.2. The summed E-state index contributed by atoms with van der Waals surface area (Å²) in [6.07, 6.45) is 8.96. The maximum Gasteiger partial charge on any atom is 0.277 e. The standard InChI is InChI=1S/C23H22F3N7O3/c1-2-35-14-5-3-13(4-6-14)33-10-17(20(32-33)19-15(24)7-16(25)21(26)31-19)29-22(34)18-11-36-23(30-18)12-8-27-28-9-12/h7-14H,2-6H2,1H3,(H,29,34). The lowest BCUT2D eigenvalue weighted by Crippen LogP contribution is -2.24. The normalized spacial score (nSPS) is 19.8. The fourth-order valence-electron chi connectivity index (χ4n) is 4.29. The Labute approximate surface area is 203 Å². The van der Waals surface area contributed by atoms with Gasteiger partial charge in [0.05, 0.1) is 17.8 Å². The Morgan fingerprint density at radius 1 is 1.11 bits per heavy atom. The minimum atomic E-state index is -1.48. The quantitative estimate of drug-likeness (QED) is 0.483. The Balaban J connectivity index is 1.44. The van der Waals surface area contributed by atoms with E-state index in [0.29, 0.717) is 12.7 Å². The highest BCUT2D eigenvalue weighted by Crippen LogP contribution is 2.34. The van der Waals surface area contributed by atoms with Crippen LogP contribution in [0.5, 0.6) is 0 Å². The molecule has 2 aliphatic rings. The number of nitrogens with zero attached hydrogens (tertiary/aromatic N) is 6. The minimum absolute atomic E-state index is 0.0478. The van der Waals surface area contributed by atoms with Crippen molar-refractivity contribution in [3.8, 4) is 11.4 Å². The van der Waals surface area contributed by atoms with Crippen molar-refractivity contribution in [3.63, 3.8) is 0 Å². The number of ether oxygens (including phenoxy) is 1. The number of nitrogens with one attached hydrogen (secondary N) is 1. The van der Waals surface area contributed by atoms with Gasteiger partial charge < -0.3 is 14.5 Å². The number of hydrogen-bond acceptors (Lipinski definition) is 8. The van der Waals surface area contributed by atoms with E-state index in [1.807, 2.05) is 6.92 Å². The van der Waals surface area contributed by atoms with Crippen LogP contribution in [0.1, 0.15) is 60.9 Å².